The van der Waals surface area contributed by atoms with E-state index in [1.807, 2.05) is 6.07 Å². The largest absolute Gasteiger partial charge is 0.460 e. The van der Waals surface area contributed by atoms with Crippen LogP contribution in [0.4, 0.5) is 10.2 Å². The van der Waals surface area contributed by atoms with Gasteiger partial charge in [0.2, 0.25) is 0 Å². The highest BCUT2D eigenvalue weighted by Gasteiger charge is 2.79. The molecule has 0 radical (unpaired) electrons. The number of nitrogen functional groups attached to an aromatic ring is 1. The zero-order valence-electron chi connectivity index (χ0n) is 21.3. The minimum atomic E-state index is -4.28. The van der Waals surface area contributed by atoms with Gasteiger partial charge in [0, 0.05) is 6.20 Å². The van der Waals surface area contributed by atoms with Crippen molar-refractivity contribution in [2.75, 3.05) is 12.3 Å². The Labute approximate surface area is 228 Å². The highest BCUT2D eigenvalue weighted by molar-refractivity contribution is 7.52. The number of rotatable bonds is 11. The van der Waals surface area contributed by atoms with Crippen molar-refractivity contribution in [3.05, 3.63) is 89.0 Å². The van der Waals surface area contributed by atoms with E-state index in [0.29, 0.717) is 0 Å². The standard InChI is InChI=1S/C26H28FN4O8P/c1-16(24(33)36-14-17-8-4-2-5-9-17)30-40(35,39-18-10-6-3-7-11-18)37-15-19-22(32)26(27)21(23(26)38-19)31-13-12-20(28)29-25(31)34/h2-13,16,19,21-23,32H,14-15H2,1H3,(H,30,35)(H2,28,29,34)/t16-,19+,21+,22?,23?,26?,40-/m0/s1. The molecule has 0 spiro atoms. The number of aliphatic hydroxyl groups is 1. The molecule has 0 amide bonds. The molecule has 2 heterocycles. The summed E-state index contributed by atoms with van der Waals surface area (Å²) in [4.78, 5) is 28.3. The van der Waals surface area contributed by atoms with Gasteiger partial charge in [0.05, 0.1) is 6.61 Å². The lowest BCUT2D eigenvalue weighted by Gasteiger charge is -2.26. The van der Waals surface area contributed by atoms with Crippen molar-refractivity contribution < 1.29 is 37.4 Å². The second-order valence-electron chi connectivity index (χ2n) is 9.50. The Morgan fingerprint density at radius 2 is 1.90 bits per heavy atom. The number of carbonyl (C=O) groups excluding carboxylic acids is 1. The maximum atomic E-state index is 15.6. The van der Waals surface area contributed by atoms with Gasteiger partial charge >= 0.3 is 19.4 Å². The van der Waals surface area contributed by atoms with E-state index in [1.54, 1.807) is 42.5 Å². The Balaban J connectivity index is 1.24. The third-order valence-corrected chi connectivity index (χ3v) is 8.30. The van der Waals surface area contributed by atoms with Crippen molar-refractivity contribution in [2.24, 2.45) is 0 Å². The highest BCUT2D eigenvalue weighted by Crippen LogP contribution is 2.61. The van der Waals surface area contributed by atoms with E-state index >= 15 is 4.39 Å². The summed E-state index contributed by atoms with van der Waals surface area (Å²) in [6.07, 6.45) is -2.84. The molecule has 40 heavy (non-hydrogen) atoms. The molecule has 1 aromatic heterocycles. The summed E-state index contributed by atoms with van der Waals surface area (Å²) >= 11 is 0. The van der Waals surface area contributed by atoms with Crippen LogP contribution in [0.2, 0.25) is 0 Å². The first-order valence-corrected chi connectivity index (χ1v) is 14.0. The Kier molecular flexibility index (Phi) is 7.76. The van der Waals surface area contributed by atoms with Gasteiger partial charge < -0.3 is 24.8 Å². The summed E-state index contributed by atoms with van der Waals surface area (Å²) in [5, 5.41) is 13.2. The van der Waals surface area contributed by atoms with Crippen LogP contribution in [0.25, 0.3) is 0 Å². The topological polar surface area (TPSA) is 164 Å². The van der Waals surface area contributed by atoms with Crippen molar-refractivity contribution in [1.29, 1.82) is 0 Å². The third kappa shape index (κ3) is 5.65. The predicted molar refractivity (Wildman–Crippen MR) is 140 cm³/mol. The molecule has 1 saturated carbocycles. The van der Waals surface area contributed by atoms with Gasteiger partial charge in [0.1, 0.15) is 48.6 Å². The lowest BCUT2D eigenvalue weighted by atomic mass is 10.1. The molecule has 2 aliphatic rings. The molecule has 14 heteroatoms. The molecule has 2 aromatic carbocycles. The van der Waals surface area contributed by atoms with Crippen LogP contribution in [0.3, 0.4) is 0 Å². The van der Waals surface area contributed by atoms with Gasteiger partial charge in [-0.15, -0.1) is 0 Å². The fourth-order valence-electron chi connectivity index (χ4n) is 4.55. The second-order valence-corrected chi connectivity index (χ2v) is 11.2. The Morgan fingerprint density at radius 3 is 2.52 bits per heavy atom. The van der Waals surface area contributed by atoms with Crippen molar-refractivity contribution in [3.63, 3.8) is 0 Å². The summed E-state index contributed by atoms with van der Waals surface area (Å²) in [5.74, 6) is -0.556. The molecule has 2 fully saturated rings. The molecule has 0 bridgehead atoms. The molecule has 4 N–H and O–H groups in total. The van der Waals surface area contributed by atoms with Gasteiger partial charge in [0.25, 0.3) is 0 Å². The summed E-state index contributed by atoms with van der Waals surface area (Å²) in [6.45, 7) is 0.882. The molecular weight excluding hydrogens is 546 g/mol. The highest BCUT2D eigenvalue weighted by atomic mass is 31.2. The van der Waals surface area contributed by atoms with Gasteiger partial charge in [-0.25, -0.2) is 13.8 Å². The summed E-state index contributed by atoms with van der Waals surface area (Å²) in [5.41, 5.74) is 3.19. The van der Waals surface area contributed by atoms with E-state index in [4.69, 9.17) is 24.3 Å². The summed E-state index contributed by atoms with van der Waals surface area (Å²) in [7, 11) is -4.28. The number of ether oxygens (including phenoxy) is 2. The number of alkyl halides is 1. The number of fused-ring (bicyclic) bond motifs is 1. The normalized spacial score (nSPS) is 27.3. The molecule has 12 nitrogen and oxygen atoms in total. The quantitative estimate of drug-likeness (QED) is 0.227. The fraction of sp³-hybridized carbons (Fsp3) is 0.346. The van der Waals surface area contributed by atoms with Gasteiger partial charge in [-0.05, 0) is 30.7 Å². The average molecular weight is 575 g/mol. The third-order valence-electron chi connectivity index (χ3n) is 6.65. The number of aromatic nitrogens is 2. The van der Waals surface area contributed by atoms with Crippen LogP contribution in [0.15, 0.2) is 77.7 Å². The number of carbonyl (C=O) groups is 1. The molecule has 5 rings (SSSR count). The van der Waals surface area contributed by atoms with Crippen LogP contribution in [0, 0.1) is 0 Å². The Morgan fingerprint density at radius 1 is 1.23 bits per heavy atom. The maximum absolute atomic E-state index is 15.6. The van der Waals surface area contributed by atoms with Crippen molar-refractivity contribution in [2.45, 2.75) is 49.6 Å². The minimum absolute atomic E-state index is 0.00620. The molecule has 1 aliphatic heterocycles. The first kappa shape index (κ1) is 27.9. The zero-order valence-corrected chi connectivity index (χ0v) is 22.2. The summed E-state index contributed by atoms with van der Waals surface area (Å²) in [6, 6.07) is 16.2. The number of aliphatic hydroxyl groups excluding tert-OH is 1. The Bertz CT molecular complexity index is 1460. The Hall–Kier alpha value is -3.61. The number of anilines is 1. The fourth-order valence-corrected chi connectivity index (χ4v) is 6.05. The average Bonchev–Trinajstić information content (AvgIpc) is 3.44. The molecular formula is C26H28FN4O8P. The zero-order chi connectivity index (χ0) is 28.5. The van der Waals surface area contributed by atoms with Crippen LogP contribution >= 0.6 is 7.75 Å². The van der Waals surface area contributed by atoms with Gasteiger partial charge in [0.15, 0.2) is 5.67 Å². The van der Waals surface area contributed by atoms with Crippen LogP contribution < -0.4 is 21.0 Å². The summed E-state index contributed by atoms with van der Waals surface area (Å²) < 4.78 is 52.4. The van der Waals surface area contributed by atoms with Crippen molar-refractivity contribution in [3.8, 4) is 5.75 Å². The molecule has 7 atom stereocenters. The second kappa shape index (κ2) is 11.1. The van der Waals surface area contributed by atoms with Crippen LogP contribution in [0.1, 0.15) is 18.5 Å². The van der Waals surface area contributed by atoms with E-state index in [9.17, 15) is 19.3 Å². The lowest BCUT2D eigenvalue weighted by Crippen LogP contribution is -2.40. The number of hydrogen-bond acceptors (Lipinski definition) is 10. The number of hydrogen-bond donors (Lipinski definition) is 3. The SMILES string of the molecule is C[C@H](N[P@](=O)(OC[C@H]1OC2[C@@H](n3ccc(N)nc3=O)C2(F)C1O)Oc1ccccc1)C(=O)OCc1ccccc1. The molecule has 3 unspecified atom stereocenters. The van der Waals surface area contributed by atoms with E-state index in [2.05, 4.69) is 10.1 Å². The van der Waals surface area contributed by atoms with E-state index < -0.39 is 62.1 Å². The molecule has 3 aromatic rings. The number of benzene rings is 2. The smallest absolute Gasteiger partial charge is 0.459 e. The lowest BCUT2D eigenvalue weighted by molar-refractivity contribution is -0.146. The van der Waals surface area contributed by atoms with Crippen molar-refractivity contribution >= 4 is 19.5 Å². The minimum Gasteiger partial charge on any atom is -0.460 e. The van der Waals surface area contributed by atoms with E-state index in [-0.39, 0.29) is 18.2 Å². The predicted octanol–water partition coefficient (Wildman–Crippen LogP) is 2.14. The number of nitrogens with zero attached hydrogens (tertiary/aromatic N) is 2. The molecule has 1 saturated heterocycles. The maximum Gasteiger partial charge on any atom is 0.459 e. The van der Waals surface area contributed by atoms with Crippen LogP contribution in [0.5, 0.6) is 5.75 Å². The number of para-hydroxylation sites is 1. The van der Waals surface area contributed by atoms with Gasteiger partial charge in [-0.3, -0.25) is 13.9 Å². The monoisotopic (exact) mass is 574 g/mol. The number of nitrogens with one attached hydrogen (secondary N) is 1. The van der Waals surface area contributed by atoms with Crippen molar-refractivity contribution in [1.82, 2.24) is 14.6 Å². The number of halogens is 1. The molecule has 212 valence electrons. The van der Waals surface area contributed by atoms with Crippen LogP contribution in [-0.2, 0) is 30.0 Å². The van der Waals surface area contributed by atoms with E-state index in [1.165, 1.54) is 31.3 Å². The molecule has 1 aliphatic carbocycles. The number of nitrogens with two attached hydrogens (primary N) is 1. The van der Waals surface area contributed by atoms with Gasteiger partial charge in [-0.2, -0.15) is 10.1 Å². The van der Waals surface area contributed by atoms with E-state index in [0.717, 1.165) is 10.1 Å². The van der Waals surface area contributed by atoms with Crippen LogP contribution in [-0.4, -0.2) is 57.3 Å². The first-order valence-electron chi connectivity index (χ1n) is 12.5. The van der Waals surface area contributed by atoms with Gasteiger partial charge in [-0.1, -0.05) is 48.5 Å². The first-order chi connectivity index (χ1) is 19.1. The number of esters is 1.